The number of nitrogens with zero attached hydrogens (tertiary/aromatic N) is 1. The zero-order chi connectivity index (χ0) is 15.4. The molecular formula is C15H20N2O4. The fourth-order valence-electron chi connectivity index (χ4n) is 2.46. The molecule has 1 aliphatic heterocycles. The topological polar surface area (TPSA) is 67.9 Å². The summed E-state index contributed by atoms with van der Waals surface area (Å²) in [7, 11) is 3.07. The fraction of sp³-hybridized carbons (Fsp3) is 0.467. The summed E-state index contributed by atoms with van der Waals surface area (Å²) in [5.74, 6) is 0.806. The molecule has 1 N–H and O–H groups in total. The number of hydrogen-bond donors (Lipinski definition) is 1. The largest absolute Gasteiger partial charge is 0.497 e. The molecule has 1 heterocycles. The first-order valence-electron chi connectivity index (χ1n) is 6.92. The van der Waals surface area contributed by atoms with Gasteiger partial charge in [0.2, 0.25) is 5.91 Å². The van der Waals surface area contributed by atoms with Crippen molar-refractivity contribution in [1.82, 2.24) is 10.2 Å². The molecule has 6 nitrogen and oxygen atoms in total. The van der Waals surface area contributed by atoms with Gasteiger partial charge in [0.25, 0.3) is 5.91 Å². The first-order chi connectivity index (χ1) is 10.1. The molecule has 0 radical (unpaired) electrons. The van der Waals surface area contributed by atoms with Gasteiger partial charge in [0.05, 0.1) is 14.2 Å². The van der Waals surface area contributed by atoms with Gasteiger partial charge in [-0.15, -0.1) is 0 Å². The number of carbonyl (C=O) groups excluding carboxylic acids is 2. The molecule has 21 heavy (non-hydrogen) atoms. The zero-order valence-electron chi connectivity index (χ0n) is 12.5. The van der Waals surface area contributed by atoms with Gasteiger partial charge >= 0.3 is 0 Å². The maximum Gasteiger partial charge on any atom is 0.254 e. The molecule has 0 saturated carbocycles. The van der Waals surface area contributed by atoms with Crippen LogP contribution in [0.2, 0.25) is 0 Å². The van der Waals surface area contributed by atoms with Gasteiger partial charge in [-0.2, -0.15) is 0 Å². The average Bonchev–Trinajstić information content (AvgIpc) is 2.53. The van der Waals surface area contributed by atoms with Gasteiger partial charge in [-0.05, 0) is 18.6 Å². The second-order valence-electron chi connectivity index (χ2n) is 4.81. The van der Waals surface area contributed by atoms with Crippen LogP contribution in [0.1, 0.15) is 23.7 Å². The van der Waals surface area contributed by atoms with Gasteiger partial charge in [0, 0.05) is 24.7 Å². The van der Waals surface area contributed by atoms with E-state index in [0.717, 1.165) is 0 Å². The Morgan fingerprint density at radius 2 is 1.90 bits per heavy atom. The van der Waals surface area contributed by atoms with Gasteiger partial charge in [0.1, 0.15) is 17.5 Å². The van der Waals surface area contributed by atoms with E-state index in [1.54, 1.807) is 23.1 Å². The number of nitrogens with one attached hydrogen (secondary N) is 1. The van der Waals surface area contributed by atoms with Crippen molar-refractivity contribution in [2.24, 2.45) is 0 Å². The Morgan fingerprint density at radius 1 is 1.29 bits per heavy atom. The second kappa shape index (κ2) is 6.47. The lowest BCUT2D eigenvalue weighted by Crippen LogP contribution is -2.56. The molecule has 1 aliphatic rings. The third-order valence-corrected chi connectivity index (χ3v) is 3.58. The zero-order valence-corrected chi connectivity index (χ0v) is 12.5. The Hall–Kier alpha value is -2.24. The van der Waals surface area contributed by atoms with Crippen LogP contribution in [0.25, 0.3) is 0 Å². The van der Waals surface area contributed by atoms with Crippen LogP contribution in [-0.2, 0) is 4.79 Å². The van der Waals surface area contributed by atoms with Crippen LogP contribution in [0, 0.1) is 0 Å². The molecule has 2 rings (SSSR count). The van der Waals surface area contributed by atoms with Gasteiger partial charge in [0.15, 0.2) is 0 Å². The quantitative estimate of drug-likeness (QED) is 0.901. The number of carbonyl (C=O) groups is 2. The summed E-state index contributed by atoms with van der Waals surface area (Å²) >= 11 is 0. The van der Waals surface area contributed by atoms with E-state index in [0.29, 0.717) is 36.6 Å². The van der Waals surface area contributed by atoms with Crippen LogP contribution in [0.5, 0.6) is 11.5 Å². The molecule has 0 aromatic heterocycles. The molecule has 1 unspecified atom stereocenters. The highest BCUT2D eigenvalue weighted by Gasteiger charge is 2.32. The number of rotatable bonds is 4. The standard InChI is InChI=1S/C15H20N2O4/c1-4-13-14(18)16-5-6-17(13)15(19)10-7-11(20-2)9-12(8-10)21-3/h7-9,13H,4-6H2,1-3H3,(H,16,18). The average molecular weight is 292 g/mol. The maximum atomic E-state index is 12.7. The molecule has 0 bridgehead atoms. The molecular weight excluding hydrogens is 272 g/mol. The van der Waals surface area contributed by atoms with Crippen molar-refractivity contribution < 1.29 is 19.1 Å². The second-order valence-corrected chi connectivity index (χ2v) is 4.81. The number of methoxy groups -OCH3 is 2. The highest BCUT2D eigenvalue weighted by atomic mass is 16.5. The highest BCUT2D eigenvalue weighted by Crippen LogP contribution is 2.24. The van der Waals surface area contributed by atoms with E-state index in [9.17, 15) is 9.59 Å². The molecule has 0 aliphatic carbocycles. The van der Waals surface area contributed by atoms with Crippen molar-refractivity contribution >= 4 is 11.8 Å². The van der Waals surface area contributed by atoms with Gasteiger partial charge in [-0.3, -0.25) is 9.59 Å². The first kappa shape index (κ1) is 15.2. The monoisotopic (exact) mass is 292 g/mol. The van der Waals surface area contributed by atoms with E-state index in [2.05, 4.69) is 5.32 Å². The Kier molecular flexibility index (Phi) is 4.67. The van der Waals surface area contributed by atoms with Crippen LogP contribution in [0.3, 0.4) is 0 Å². The summed E-state index contributed by atoms with van der Waals surface area (Å²) in [6.07, 6.45) is 0.582. The molecule has 6 heteroatoms. The molecule has 1 aromatic rings. The molecule has 2 amide bonds. The van der Waals surface area contributed by atoms with Crippen molar-refractivity contribution in [2.75, 3.05) is 27.3 Å². The van der Waals surface area contributed by atoms with Crippen molar-refractivity contribution in [3.05, 3.63) is 23.8 Å². The smallest absolute Gasteiger partial charge is 0.254 e. The number of hydrogen-bond acceptors (Lipinski definition) is 4. The number of benzene rings is 1. The van der Waals surface area contributed by atoms with E-state index in [-0.39, 0.29) is 11.8 Å². The third kappa shape index (κ3) is 3.09. The van der Waals surface area contributed by atoms with E-state index < -0.39 is 6.04 Å². The fourth-order valence-corrected chi connectivity index (χ4v) is 2.46. The van der Waals surface area contributed by atoms with Crippen LogP contribution in [0.15, 0.2) is 18.2 Å². The molecule has 1 aromatic carbocycles. The molecule has 1 atom stereocenters. The predicted molar refractivity (Wildman–Crippen MR) is 77.7 cm³/mol. The minimum Gasteiger partial charge on any atom is -0.497 e. The lowest BCUT2D eigenvalue weighted by atomic mass is 10.1. The number of ether oxygens (including phenoxy) is 2. The SMILES string of the molecule is CCC1C(=O)NCCN1C(=O)c1cc(OC)cc(OC)c1. The highest BCUT2D eigenvalue weighted by molar-refractivity contribution is 5.98. The lowest BCUT2D eigenvalue weighted by Gasteiger charge is -2.34. The van der Waals surface area contributed by atoms with Crippen molar-refractivity contribution in [3.63, 3.8) is 0 Å². The van der Waals surface area contributed by atoms with Crippen LogP contribution < -0.4 is 14.8 Å². The minimum absolute atomic E-state index is 0.105. The van der Waals surface area contributed by atoms with E-state index in [4.69, 9.17) is 9.47 Å². The van der Waals surface area contributed by atoms with Gasteiger partial charge < -0.3 is 19.7 Å². The van der Waals surface area contributed by atoms with E-state index in [1.807, 2.05) is 6.92 Å². The molecule has 1 fully saturated rings. The Bertz CT molecular complexity index is 522. The third-order valence-electron chi connectivity index (χ3n) is 3.58. The summed E-state index contributed by atoms with van der Waals surface area (Å²) in [6.45, 7) is 2.87. The number of amides is 2. The van der Waals surface area contributed by atoms with E-state index in [1.165, 1.54) is 14.2 Å². The molecule has 0 spiro atoms. The first-order valence-corrected chi connectivity index (χ1v) is 6.92. The van der Waals surface area contributed by atoms with Gasteiger partial charge in [-0.1, -0.05) is 6.92 Å². The Balaban J connectivity index is 2.32. The van der Waals surface area contributed by atoms with Crippen LogP contribution in [0.4, 0.5) is 0 Å². The summed E-state index contributed by atoms with van der Waals surface area (Å²) in [5.41, 5.74) is 0.458. The Labute approximate surface area is 124 Å². The van der Waals surface area contributed by atoms with Crippen LogP contribution in [-0.4, -0.2) is 50.1 Å². The predicted octanol–water partition coefficient (Wildman–Crippen LogP) is 1.05. The number of piperazine rings is 1. The maximum absolute atomic E-state index is 12.7. The Morgan fingerprint density at radius 3 is 2.43 bits per heavy atom. The molecule has 114 valence electrons. The normalized spacial score (nSPS) is 18.1. The van der Waals surface area contributed by atoms with Gasteiger partial charge in [-0.25, -0.2) is 0 Å². The van der Waals surface area contributed by atoms with E-state index >= 15 is 0 Å². The van der Waals surface area contributed by atoms with Crippen LogP contribution >= 0.6 is 0 Å². The summed E-state index contributed by atoms with van der Waals surface area (Å²) in [6, 6.07) is 4.59. The summed E-state index contributed by atoms with van der Waals surface area (Å²) in [4.78, 5) is 26.2. The summed E-state index contributed by atoms with van der Waals surface area (Å²) < 4.78 is 10.4. The minimum atomic E-state index is -0.427. The van der Waals surface area contributed by atoms with Crippen molar-refractivity contribution in [3.8, 4) is 11.5 Å². The summed E-state index contributed by atoms with van der Waals surface area (Å²) in [5, 5.41) is 2.78. The van der Waals surface area contributed by atoms with Crippen molar-refractivity contribution in [1.29, 1.82) is 0 Å². The molecule has 1 saturated heterocycles. The van der Waals surface area contributed by atoms with Crippen molar-refractivity contribution in [2.45, 2.75) is 19.4 Å². The lowest BCUT2D eigenvalue weighted by molar-refractivity contribution is -0.127.